The van der Waals surface area contributed by atoms with Crippen LogP contribution in [-0.4, -0.2) is 42.7 Å². The molecule has 162 valence electrons. The van der Waals surface area contributed by atoms with Crippen LogP contribution in [0, 0.1) is 6.92 Å². The Hall–Kier alpha value is -3.45. The number of aldehydes is 1. The van der Waals surface area contributed by atoms with E-state index in [1.165, 1.54) is 6.08 Å². The van der Waals surface area contributed by atoms with Gasteiger partial charge in [-0.25, -0.2) is 4.98 Å². The number of likely N-dealkylation sites (N-methyl/N-ethyl adjacent to an activating group) is 1. The summed E-state index contributed by atoms with van der Waals surface area (Å²) in [6.45, 7) is 3.56. The van der Waals surface area contributed by atoms with Crippen LogP contribution in [0.5, 0.6) is 0 Å². The van der Waals surface area contributed by atoms with Crippen LogP contribution in [0.25, 0.3) is 17.0 Å². The molecule has 0 unspecified atom stereocenters. The van der Waals surface area contributed by atoms with Gasteiger partial charge in [-0.05, 0) is 37.7 Å². The second-order valence-electron chi connectivity index (χ2n) is 7.36. The summed E-state index contributed by atoms with van der Waals surface area (Å²) in [5.74, 6) is 1.40. The molecule has 2 aromatic heterocycles. The predicted molar refractivity (Wildman–Crippen MR) is 123 cm³/mol. The van der Waals surface area contributed by atoms with Crippen molar-refractivity contribution in [2.24, 2.45) is 0 Å². The number of carbonyl (C=O) groups excluding carboxylic acids is 2. The molecule has 0 spiro atoms. The molecular formula is C24H28N4O3. The molecule has 0 radical (unpaired) electrons. The quantitative estimate of drug-likeness (QED) is 0.296. The molecule has 0 aliphatic carbocycles. The topological polar surface area (TPSA) is 87.5 Å². The van der Waals surface area contributed by atoms with Crippen LogP contribution in [0.4, 0.5) is 5.82 Å². The lowest BCUT2D eigenvalue weighted by Crippen LogP contribution is -2.24. The summed E-state index contributed by atoms with van der Waals surface area (Å²) in [6.07, 6.45) is 6.30. The van der Waals surface area contributed by atoms with E-state index in [2.05, 4.69) is 15.6 Å². The lowest BCUT2D eigenvalue weighted by atomic mass is 10.1. The van der Waals surface area contributed by atoms with Gasteiger partial charge in [-0.1, -0.05) is 18.2 Å². The van der Waals surface area contributed by atoms with Gasteiger partial charge in [-0.15, -0.1) is 0 Å². The van der Waals surface area contributed by atoms with Crippen LogP contribution in [0.3, 0.4) is 0 Å². The highest BCUT2D eigenvalue weighted by Gasteiger charge is 2.14. The summed E-state index contributed by atoms with van der Waals surface area (Å²) in [7, 11) is 3.61. The summed E-state index contributed by atoms with van der Waals surface area (Å²) in [5.41, 5.74) is 3.68. The molecule has 2 N–H and O–H groups in total. The second-order valence-corrected chi connectivity index (χ2v) is 7.36. The van der Waals surface area contributed by atoms with Crippen LogP contribution in [0.15, 0.2) is 47.0 Å². The average molecular weight is 421 g/mol. The Morgan fingerprint density at radius 2 is 2.10 bits per heavy atom. The van der Waals surface area contributed by atoms with E-state index in [1.54, 1.807) is 24.2 Å². The lowest BCUT2D eigenvalue weighted by Gasteiger charge is -2.14. The third-order valence-electron chi connectivity index (χ3n) is 5.03. The molecule has 31 heavy (non-hydrogen) atoms. The normalized spacial score (nSPS) is 11.2. The van der Waals surface area contributed by atoms with Crippen molar-refractivity contribution in [1.82, 2.24) is 15.2 Å². The molecule has 2 heterocycles. The summed E-state index contributed by atoms with van der Waals surface area (Å²) < 4.78 is 5.91. The number of aromatic nitrogens is 1. The van der Waals surface area contributed by atoms with Crippen LogP contribution < -0.4 is 10.6 Å². The van der Waals surface area contributed by atoms with Gasteiger partial charge in [0.2, 0.25) is 5.91 Å². The highest BCUT2D eigenvalue weighted by Crippen LogP contribution is 2.25. The first-order valence-corrected chi connectivity index (χ1v) is 10.2. The van der Waals surface area contributed by atoms with Crippen molar-refractivity contribution in [3.8, 4) is 0 Å². The number of nitrogens with zero attached hydrogens (tertiary/aromatic N) is 2. The number of furan rings is 1. The van der Waals surface area contributed by atoms with Crippen LogP contribution in [0.1, 0.15) is 28.9 Å². The highest BCUT2D eigenvalue weighted by atomic mass is 16.3. The minimum atomic E-state index is -0.122. The van der Waals surface area contributed by atoms with Crippen LogP contribution >= 0.6 is 0 Å². The summed E-state index contributed by atoms with van der Waals surface area (Å²) >= 11 is 0. The fraction of sp³-hybridized carbons (Fsp3) is 0.292. The van der Waals surface area contributed by atoms with E-state index in [4.69, 9.17) is 4.42 Å². The van der Waals surface area contributed by atoms with Gasteiger partial charge in [0.15, 0.2) is 0 Å². The van der Waals surface area contributed by atoms with E-state index in [-0.39, 0.29) is 5.91 Å². The number of pyridine rings is 1. The smallest absolute Gasteiger partial charge is 0.246 e. The minimum Gasteiger partial charge on any atom is -0.459 e. The maximum absolute atomic E-state index is 12.6. The summed E-state index contributed by atoms with van der Waals surface area (Å²) in [4.78, 5) is 29.2. The zero-order valence-corrected chi connectivity index (χ0v) is 18.1. The number of para-hydroxylation sites is 1. The fourth-order valence-electron chi connectivity index (χ4n) is 3.32. The summed E-state index contributed by atoms with van der Waals surface area (Å²) in [6, 6.07) is 9.84. The molecular weight excluding hydrogens is 392 g/mol. The molecule has 0 saturated heterocycles. The molecule has 0 saturated carbocycles. The van der Waals surface area contributed by atoms with E-state index >= 15 is 0 Å². The number of hydrogen-bond acceptors (Lipinski definition) is 6. The maximum Gasteiger partial charge on any atom is 0.246 e. The molecule has 7 heteroatoms. The Balaban J connectivity index is 1.68. The van der Waals surface area contributed by atoms with Gasteiger partial charge < -0.3 is 24.7 Å². The number of fused-ring (bicyclic) bond motifs is 1. The van der Waals surface area contributed by atoms with Gasteiger partial charge in [0.05, 0.1) is 6.54 Å². The number of amides is 1. The second kappa shape index (κ2) is 10.5. The Labute approximate surface area is 182 Å². The van der Waals surface area contributed by atoms with Crippen molar-refractivity contribution >= 4 is 35.1 Å². The van der Waals surface area contributed by atoms with Crippen molar-refractivity contribution < 1.29 is 14.0 Å². The maximum atomic E-state index is 12.6. The van der Waals surface area contributed by atoms with Gasteiger partial charge in [0.25, 0.3) is 0 Å². The number of rotatable bonds is 10. The van der Waals surface area contributed by atoms with Crippen molar-refractivity contribution in [2.75, 3.05) is 26.0 Å². The van der Waals surface area contributed by atoms with E-state index < -0.39 is 0 Å². The fourth-order valence-corrected chi connectivity index (χ4v) is 3.32. The first-order chi connectivity index (χ1) is 15.0. The molecule has 0 atom stereocenters. The third-order valence-corrected chi connectivity index (χ3v) is 5.03. The number of nitrogens with one attached hydrogen (secondary N) is 2. The Morgan fingerprint density at radius 3 is 2.84 bits per heavy atom. The predicted octanol–water partition coefficient (Wildman–Crippen LogP) is 3.53. The van der Waals surface area contributed by atoms with Crippen LogP contribution in [0.2, 0.25) is 0 Å². The van der Waals surface area contributed by atoms with Crippen molar-refractivity contribution in [3.63, 3.8) is 0 Å². The molecule has 7 nitrogen and oxygen atoms in total. The number of carbonyl (C=O) groups is 2. The van der Waals surface area contributed by atoms with E-state index in [0.29, 0.717) is 26.1 Å². The Kier molecular flexibility index (Phi) is 7.56. The molecule has 1 amide bonds. The van der Waals surface area contributed by atoms with Crippen LogP contribution in [-0.2, 0) is 22.7 Å². The minimum absolute atomic E-state index is 0.122. The lowest BCUT2D eigenvalue weighted by molar-refractivity contribution is -0.125. The number of benzene rings is 1. The zero-order valence-electron chi connectivity index (χ0n) is 18.1. The molecule has 0 bridgehead atoms. The van der Waals surface area contributed by atoms with Gasteiger partial charge in [0, 0.05) is 55.3 Å². The molecule has 0 aliphatic rings. The highest BCUT2D eigenvalue weighted by molar-refractivity contribution is 5.91. The molecule has 3 rings (SSSR count). The average Bonchev–Trinajstić information content (AvgIpc) is 3.09. The van der Waals surface area contributed by atoms with Gasteiger partial charge in [0.1, 0.15) is 23.4 Å². The van der Waals surface area contributed by atoms with Gasteiger partial charge in [-0.3, -0.25) is 4.79 Å². The zero-order chi connectivity index (χ0) is 22.2. The van der Waals surface area contributed by atoms with E-state index in [0.717, 1.165) is 45.5 Å². The monoisotopic (exact) mass is 420 g/mol. The van der Waals surface area contributed by atoms with Crippen molar-refractivity contribution in [3.05, 3.63) is 65.1 Å². The van der Waals surface area contributed by atoms with E-state index in [1.807, 2.05) is 44.3 Å². The standard InChI is InChI=1S/C24H28N4O3/c1-17-20-7-4-5-8-21(20)31-22(17)16-28(3)23(30)10-9-18-13-19(15-25-2)24(27-14-18)26-11-6-12-29/h4-5,7-10,12-14,25H,6,11,15-16H2,1-3H3,(H,26,27)/b10-9+. The van der Waals surface area contributed by atoms with Gasteiger partial charge >= 0.3 is 0 Å². The molecule has 3 aromatic rings. The number of anilines is 1. The number of hydrogen-bond donors (Lipinski definition) is 2. The molecule has 0 fully saturated rings. The Morgan fingerprint density at radius 1 is 1.29 bits per heavy atom. The first-order valence-electron chi connectivity index (χ1n) is 10.2. The largest absolute Gasteiger partial charge is 0.459 e. The molecule has 0 aliphatic heterocycles. The first kappa shape index (κ1) is 22.2. The van der Waals surface area contributed by atoms with E-state index in [9.17, 15) is 9.59 Å². The van der Waals surface area contributed by atoms with Crippen molar-refractivity contribution in [1.29, 1.82) is 0 Å². The Bertz CT molecular complexity index is 1090. The van der Waals surface area contributed by atoms with Crippen molar-refractivity contribution in [2.45, 2.75) is 26.4 Å². The summed E-state index contributed by atoms with van der Waals surface area (Å²) in [5, 5.41) is 7.34. The SMILES string of the molecule is CNCc1cc(/C=C/C(=O)N(C)Cc2oc3ccccc3c2C)cnc1NCCC=O. The molecule has 1 aromatic carbocycles. The third kappa shape index (κ3) is 5.58. The van der Waals surface area contributed by atoms with Gasteiger partial charge in [-0.2, -0.15) is 0 Å². The number of aryl methyl sites for hydroxylation is 1.